The summed E-state index contributed by atoms with van der Waals surface area (Å²) in [6.45, 7) is 1.19. The molecule has 0 saturated heterocycles. The van der Waals surface area contributed by atoms with Crippen LogP contribution in [0.4, 0.5) is 0 Å². The number of nitrogens with zero attached hydrogens (tertiary/aromatic N) is 2. The Balaban J connectivity index is 2.05. The van der Waals surface area contributed by atoms with Crippen LogP contribution in [0.25, 0.3) is 11.3 Å². The minimum absolute atomic E-state index is 0.187. The molecule has 18 heavy (non-hydrogen) atoms. The molecule has 1 aromatic heterocycles. The second kappa shape index (κ2) is 4.86. The van der Waals surface area contributed by atoms with Gasteiger partial charge in [0.25, 0.3) is 0 Å². The molecule has 3 nitrogen and oxygen atoms in total. The van der Waals surface area contributed by atoms with E-state index in [9.17, 15) is 5.11 Å². The van der Waals surface area contributed by atoms with Crippen LogP contribution < -0.4 is 0 Å². The van der Waals surface area contributed by atoms with E-state index in [0.717, 1.165) is 40.9 Å². The van der Waals surface area contributed by atoms with Gasteiger partial charge in [-0.2, -0.15) is 0 Å². The third-order valence-corrected chi connectivity index (χ3v) is 4.19. The number of rotatable bonds is 2. The Bertz CT molecular complexity index is 565. The Morgan fingerprint density at radius 3 is 3.00 bits per heavy atom. The molecule has 0 fully saturated rings. The molecule has 1 atom stereocenters. The van der Waals surface area contributed by atoms with E-state index >= 15 is 0 Å². The third kappa shape index (κ3) is 1.99. The summed E-state index contributed by atoms with van der Waals surface area (Å²) in [6, 6.07) is 8.10. The number of aliphatic hydroxyl groups is 1. The molecule has 0 spiro atoms. The maximum Gasteiger partial charge on any atom is 0.114 e. The fourth-order valence-corrected chi connectivity index (χ4v) is 3.03. The molecule has 1 N–H and O–H groups in total. The molecule has 2 aromatic rings. The third-order valence-electron chi connectivity index (χ3n) is 3.49. The summed E-state index contributed by atoms with van der Waals surface area (Å²) in [7, 11) is 0. The van der Waals surface area contributed by atoms with E-state index in [1.807, 2.05) is 18.2 Å². The van der Waals surface area contributed by atoms with E-state index < -0.39 is 0 Å². The van der Waals surface area contributed by atoms with Crippen LogP contribution in [-0.2, 0) is 6.54 Å². The van der Waals surface area contributed by atoms with Crippen LogP contribution in [0.2, 0.25) is 0 Å². The van der Waals surface area contributed by atoms with E-state index in [-0.39, 0.29) is 12.5 Å². The van der Waals surface area contributed by atoms with Crippen LogP contribution in [0.15, 0.2) is 34.9 Å². The average molecular weight is 307 g/mol. The maximum atomic E-state index is 9.41. The summed E-state index contributed by atoms with van der Waals surface area (Å²) in [5, 5.41) is 9.41. The first-order chi connectivity index (χ1) is 8.79. The highest BCUT2D eigenvalue weighted by molar-refractivity contribution is 9.10. The molecule has 3 rings (SSSR count). The van der Waals surface area contributed by atoms with Gasteiger partial charge < -0.3 is 9.67 Å². The number of hydrogen-bond donors (Lipinski definition) is 1. The topological polar surface area (TPSA) is 38.0 Å². The molecule has 94 valence electrons. The molecule has 0 saturated carbocycles. The van der Waals surface area contributed by atoms with Crippen molar-refractivity contribution in [3.05, 3.63) is 40.8 Å². The number of hydrogen-bond acceptors (Lipinski definition) is 2. The number of halogens is 1. The van der Waals surface area contributed by atoms with Crippen molar-refractivity contribution in [2.24, 2.45) is 0 Å². The standard InChI is InChI=1S/C14H15BrN2O/c15-12-6-2-1-5-11(12)13-8-17-7-3-4-10(9-18)14(17)16-13/h1-2,5-6,8,10,18H,3-4,7,9H2. The first kappa shape index (κ1) is 11.9. The van der Waals surface area contributed by atoms with Crippen LogP contribution in [0.5, 0.6) is 0 Å². The minimum atomic E-state index is 0.187. The van der Waals surface area contributed by atoms with E-state index in [0.29, 0.717) is 0 Å². The van der Waals surface area contributed by atoms with Gasteiger partial charge in [-0.15, -0.1) is 0 Å². The van der Waals surface area contributed by atoms with Gasteiger partial charge in [-0.1, -0.05) is 34.1 Å². The van der Waals surface area contributed by atoms with Gasteiger partial charge in [-0.3, -0.25) is 0 Å². The average Bonchev–Trinajstić information content (AvgIpc) is 2.82. The molecule has 0 bridgehead atoms. The van der Waals surface area contributed by atoms with Gasteiger partial charge in [-0.05, 0) is 18.9 Å². The molecule has 2 heterocycles. The van der Waals surface area contributed by atoms with E-state index in [1.54, 1.807) is 0 Å². The lowest BCUT2D eigenvalue weighted by atomic mass is 10.0. The van der Waals surface area contributed by atoms with E-state index in [1.165, 1.54) is 0 Å². The molecule has 1 aromatic carbocycles. The predicted octanol–water partition coefficient (Wildman–Crippen LogP) is 3.18. The Morgan fingerprint density at radius 2 is 2.22 bits per heavy atom. The Morgan fingerprint density at radius 1 is 1.39 bits per heavy atom. The monoisotopic (exact) mass is 306 g/mol. The molecule has 0 amide bonds. The van der Waals surface area contributed by atoms with Crippen LogP contribution in [-0.4, -0.2) is 21.3 Å². The molecule has 0 aliphatic carbocycles. The number of aryl methyl sites for hydroxylation is 1. The van der Waals surface area contributed by atoms with E-state index in [4.69, 9.17) is 4.98 Å². The zero-order valence-electron chi connectivity index (χ0n) is 10.0. The first-order valence-electron chi connectivity index (χ1n) is 6.22. The van der Waals surface area contributed by atoms with Crippen molar-refractivity contribution < 1.29 is 5.11 Å². The van der Waals surface area contributed by atoms with Crippen molar-refractivity contribution in [1.29, 1.82) is 0 Å². The van der Waals surface area contributed by atoms with Gasteiger partial charge in [0.15, 0.2) is 0 Å². The van der Waals surface area contributed by atoms with Crippen LogP contribution in [0.1, 0.15) is 24.6 Å². The van der Waals surface area contributed by atoms with Crippen molar-refractivity contribution in [2.45, 2.75) is 25.3 Å². The van der Waals surface area contributed by atoms with Gasteiger partial charge in [-0.25, -0.2) is 4.98 Å². The normalized spacial score (nSPS) is 18.7. The van der Waals surface area contributed by atoms with Crippen molar-refractivity contribution in [3.63, 3.8) is 0 Å². The van der Waals surface area contributed by atoms with Gasteiger partial charge in [0, 0.05) is 28.7 Å². The van der Waals surface area contributed by atoms with Crippen LogP contribution in [0.3, 0.4) is 0 Å². The highest BCUT2D eigenvalue weighted by Gasteiger charge is 2.22. The first-order valence-corrected chi connectivity index (χ1v) is 7.01. The molecule has 1 unspecified atom stereocenters. The maximum absolute atomic E-state index is 9.41. The fraction of sp³-hybridized carbons (Fsp3) is 0.357. The van der Waals surface area contributed by atoms with Gasteiger partial charge >= 0.3 is 0 Å². The number of imidazole rings is 1. The van der Waals surface area contributed by atoms with Crippen LogP contribution in [0, 0.1) is 0 Å². The Kier molecular flexibility index (Phi) is 3.22. The number of aliphatic hydroxyl groups excluding tert-OH is 1. The number of benzene rings is 1. The predicted molar refractivity (Wildman–Crippen MR) is 74.4 cm³/mol. The second-order valence-electron chi connectivity index (χ2n) is 4.68. The Hall–Kier alpha value is -1.13. The largest absolute Gasteiger partial charge is 0.396 e. The smallest absolute Gasteiger partial charge is 0.114 e. The molecule has 1 aliphatic rings. The number of aromatic nitrogens is 2. The lowest BCUT2D eigenvalue weighted by molar-refractivity contribution is 0.238. The highest BCUT2D eigenvalue weighted by atomic mass is 79.9. The zero-order valence-corrected chi connectivity index (χ0v) is 11.6. The SMILES string of the molecule is OCC1CCCn2cc(-c3ccccc3Br)nc21. The summed E-state index contributed by atoms with van der Waals surface area (Å²) in [5.74, 6) is 1.21. The molecular weight excluding hydrogens is 292 g/mol. The van der Waals surface area contributed by atoms with E-state index in [2.05, 4.69) is 32.8 Å². The van der Waals surface area contributed by atoms with Crippen molar-refractivity contribution in [3.8, 4) is 11.3 Å². The zero-order chi connectivity index (χ0) is 12.5. The minimum Gasteiger partial charge on any atom is -0.396 e. The summed E-state index contributed by atoms with van der Waals surface area (Å²) >= 11 is 3.56. The van der Waals surface area contributed by atoms with Crippen molar-refractivity contribution >= 4 is 15.9 Å². The highest BCUT2D eigenvalue weighted by Crippen LogP contribution is 2.32. The second-order valence-corrected chi connectivity index (χ2v) is 5.53. The lowest BCUT2D eigenvalue weighted by Crippen LogP contribution is -2.18. The van der Waals surface area contributed by atoms with Crippen molar-refractivity contribution in [1.82, 2.24) is 9.55 Å². The summed E-state index contributed by atoms with van der Waals surface area (Å²) in [5.41, 5.74) is 2.09. The Labute approximate surface area is 115 Å². The summed E-state index contributed by atoms with van der Waals surface area (Å²) in [4.78, 5) is 4.71. The molecule has 4 heteroatoms. The lowest BCUT2D eigenvalue weighted by Gasteiger charge is -2.21. The number of fused-ring (bicyclic) bond motifs is 1. The van der Waals surface area contributed by atoms with Gasteiger partial charge in [0.05, 0.1) is 12.3 Å². The fourth-order valence-electron chi connectivity index (χ4n) is 2.54. The molecule has 1 aliphatic heterocycles. The quantitative estimate of drug-likeness (QED) is 0.925. The summed E-state index contributed by atoms with van der Waals surface area (Å²) < 4.78 is 3.24. The summed E-state index contributed by atoms with van der Waals surface area (Å²) in [6.07, 6.45) is 4.24. The van der Waals surface area contributed by atoms with Gasteiger partial charge in [0.2, 0.25) is 0 Å². The van der Waals surface area contributed by atoms with Gasteiger partial charge in [0.1, 0.15) is 5.82 Å². The van der Waals surface area contributed by atoms with Crippen LogP contribution >= 0.6 is 15.9 Å². The molecule has 0 radical (unpaired) electrons. The van der Waals surface area contributed by atoms with Crippen molar-refractivity contribution in [2.75, 3.05) is 6.61 Å². The molecular formula is C14H15BrN2O.